The summed E-state index contributed by atoms with van der Waals surface area (Å²) in [5, 5.41) is 12.5. The lowest BCUT2D eigenvalue weighted by molar-refractivity contribution is 0.0921. The number of aromatic nitrogens is 1. The first-order valence-corrected chi connectivity index (χ1v) is 6.33. The lowest BCUT2D eigenvalue weighted by Gasteiger charge is -2.20. The quantitative estimate of drug-likeness (QED) is 0.654. The molecule has 0 saturated carbocycles. The molecule has 0 aliphatic carbocycles. The van der Waals surface area contributed by atoms with Crippen LogP contribution in [0.2, 0.25) is 0 Å². The van der Waals surface area contributed by atoms with Crippen LogP contribution in [0, 0.1) is 11.9 Å². The Labute approximate surface area is 108 Å². The molecule has 0 aromatic carbocycles. The van der Waals surface area contributed by atoms with Crippen molar-refractivity contribution in [2.24, 2.45) is 5.92 Å². The lowest BCUT2D eigenvalue weighted by atomic mass is 10.1. The van der Waals surface area contributed by atoms with Gasteiger partial charge in [-0.15, -0.1) is 0 Å². The van der Waals surface area contributed by atoms with Gasteiger partial charge in [0.15, 0.2) is 0 Å². The highest BCUT2D eigenvalue weighted by molar-refractivity contribution is 9.10. The zero-order valence-corrected chi connectivity index (χ0v) is 11.1. The predicted molar refractivity (Wildman–Crippen MR) is 67.3 cm³/mol. The molecule has 0 amide bonds. The number of hydrogen-bond donors (Lipinski definition) is 2. The number of halogens is 2. The summed E-state index contributed by atoms with van der Waals surface area (Å²) < 4.78 is 13.7. The second-order valence-electron chi connectivity index (χ2n) is 4.17. The molecule has 2 N–H and O–H groups in total. The number of aliphatic hydroxyl groups excluding tert-OH is 1. The summed E-state index contributed by atoms with van der Waals surface area (Å²) in [6, 6.07) is 3.43. The minimum atomic E-state index is -0.514. The normalized spacial score (nSPS) is 21.9. The smallest absolute Gasteiger partial charge is 0.229 e. The molecule has 17 heavy (non-hydrogen) atoms. The summed E-state index contributed by atoms with van der Waals surface area (Å²) >= 11 is 3.08. The maximum absolute atomic E-state index is 13.3. The van der Waals surface area contributed by atoms with Crippen molar-refractivity contribution < 1.29 is 9.50 Å². The van der Waals surface area contributed by atoms with Crippen molar-refractivity contribution in [2.45, 2.75) is 12.6 Å². The van der Waals surface area contributed by atoms with Crippen molar-refractivity contribution in [2.75, 3.05) is 25.0 Å². The average molecular weight is 304 g/mol. The zero-order valence-electron chi connectivity index (χ0n) is 9.53. The van der Waals surface area contributed by atoms with Crippen LogP contribution >= 0.6 is 15.9 Å². The van der Waals surface area contributed by atoms with Crippen LogP contribution in [0.15, 0.2) is 16.6 Å². The van der Waals surface area contributed by atoms with Crippen molar-refractivity contribution in [1.29, 1.82) is 0 Å². The highest BCUT2D eigenvalue weighted by atomic mass is 79.9. The highest BCUT2D eigenvalue weighted by Crippen LogP contribution is 2.25. The van der Waals surface area contributed by atoms with Crippen molar-refractivity contribution in [3.8, 4) is 0 Å². The number of anilines is 1. The Hall–Kier alpha value is -0.720. The number of pyridine rings is 1. The number of rotatable bonds is 3. The molecule has 0 radical (unpaired) electrons. The van der Waals surface area contributed by atoms with Crippen molar-refractivity contribution in [1.82, 2.24) is 10.3 Å². The van der Waals surface area contributed by atoms with Gasteiger partial charge in [-0.3, -0.25) is 5.32 Å². The van der Waals surface area contributed by atoms with Crippen LogP contribution in [0.5, 0.6) is 0 Å². The highest BCUT2D eigenvalue weighted by Gasteiger charge is 2.28. The van der Waals surface area contributed by atoms with Gasteiger partial charge in [-0.1, -0.05) is 0 Å². The number of hydrogen-bond acceptors (Lipinski definition) is 4. The fourth-order valence-electron chi connectivity index (χ4n) is 2.07. The average Bonchev–Trinajstić information content (AvgIpc) is 2.81. The first-order valence-electron chi connectivity index (χ1n) is 5.54. The minimum Gasteiger partial charge on any atom is -0.378 e. The van der Waals surface area contributed by atoms with Crippen LogP contribution in [-0.4, -0.2) is 36.5 Å². The molecule has 1 aliphatic rings. The molecular weight excluding hydrogens is 289 g/mol. The molecule has 1 saturated heterocycles. The van der Waals surface area contributed by atoms with E-state index in [-0.39, 0.29) is 5.92 Å². The van der Waals surface area contributed by atoms with Gasteiger partial charge in [0, 0.05) is 19.0 Å². The molecule has 1 aromatic rings. The van der Waals surface area contributed by atoms with E-state index in [2.05, 4.69) is 26.2 Å². The van der Waals surface area contributed by atoms with Gasteiger partial charge in [-0.25, -0.2) is 4.98 Å². The number of nitrogens with zero attached hydrogens (tertiary/aromatic N) is 2. The molecule has 94 valence electrons. The first kappa shape index (κ1) is 12.7. The van der Waals surface area contributed by atoms with Gasteiger partial charge >= 0.3 is 0 Å². The van der Waals surface area contributed by atoms with Gasteiger partial charge in [-0.05, 0) is 41.5 Å². The molecule has 2 atom stereocenters. The van der Waals surface area contributed by atoms with Crippen LogP contribution in [-0.2, 0) is 0 Å². The third kappa shape index (κ3) is 2.75. The molecule has 2 rings (SSSR count). The Kier molecular flexibility index (Phi) is 3.96. The van der Waals surface area contributed by atoms with Gasteiger partial charge in [0.2, 0.25) is 5.95 Å². The van der Waals surface area contributed by atoms with E-state index >= 15 is 0 Å². The molecule has 0 bridgehead atoms. The fourth-order valence-corrected chi connectivity index (χ4v) is 2.29. The van der Waals surface area contributed by atoms with E-state index in [0.29, 0.717) is 16.8 Å². The van der Waals surface area contributed by atoms with Gasteiger partial charge < -0.3 is 10.0 Å². The first-order chi connectivity index (χ1) is 8.11. The molecule has 0 spiro atoms. The number of aliphatic hydroxyl groups is 1. The largest absolute Gasteiger partial charge is 0.378 e. The molecular formula is C11H15BrFN3O. The monoisotopic (exact) mass is 303 g/mol. The Morgan fingerprint density at radius 3 is 3.06 bits per heavy atom. The molecule has 6 heteroatoms. The van der Waals surface area contributed by atoms with E-state index in [1.165, 1.54) is 0 Å². The maximum atomic E-state index is 13.3. The zero-order chi connectivity index (χ0) is 12.4. The Morgan fingerprint density at radius 2 is 2.41 bits per heavy atom. The Morgan fingerprint density at radius 1 is 1.65 bits per heavy atom. The van der Waals surface area contributed by atoms with Crippen LogP contribution < -0.4 is 10.2 Å². The minimum absolute atomic E-state index is 0.161. The van der Waals surface area contributed by atoms with E-state index in [1.54, 1.807) is 19.2 Å². The standard InChI is InChI=1S/C11H15BrFN3O/c1-14-11(17)7-4-5-16(6-7)9-3-2-8(12)10(13)15-9/h2-3,7,11,14,17H,4-6H2,1H3. The second kappa shape index (κ2) is 5.29. The summed E-state index contributed by atoms with van der Waals surface area (Å²) in [6.07, 6.45) is 0.363. The Balaban J connectivity index is 2.07. The van der Waals surface area contributed by atoms with E-state index < -0.39 is 12.2 Å². The SMILES string of the molecule is CNC(O)C1CCN(c2ccc(Br)c(F)n2)C1. The molecule has 1 aliphatic heterocycles. The van der Waals surface area contributed by atoms with E-state index in [0.717, 1.165) is 13.0 Å². The van der Waals surface area contributed by atoms with Gasteiger partial charge in [-0.2, -0.15) is 4.39 Å². The van der Waals surface area contributed by atoms with Crippen molar-refractivity contribution >= 4 is 21.7 Å². The second-order valence-corrected chi connectivity index (χ2v) is 5.02. The van der Waals surface area contributed by atoms with E-state index in [4.69, 9.17) is 0 Å². The van der Waals surface area contributed by atoms with Crippen molar-refractivity contribution in [3.05, 3.63) is 22.6 Å². The van der Waals surface area contributed by atoms with Crippen LogP contribution in [0.1, 0.15) is 6.42 Å². The molecule has 2 unspecified atom stereocenters. The molecule has 2 heterocycles. The molecule has 1 fully saturated rings. The Bertz CT molecular complexity index is 404. The summed E-state index contributed by atoms with van der Waals surface area (Å²) in [6.45, 7) is 1.48. The fraction of sp³-hybridized carbons (Fsp3) is 0.545. The topological polar surface area (TPSA) is 48.4 Å². The molecule has 1 aromatic heterocycles. The lowest BCUT2D eigenvalue weighted by Crippen LogP contribution is -2.35. The third-order valence-electron chi connectivity index (χ3n) is 3.08. The summed E-state index contributed by atoms with van der Waals surface area (Å²) in [4.78, 5) is 5.87. The summed E-state index contributed by atoms with van der Waals surface area (Å²) in [5.74, 6) is 0.283. The van der Waals surface area contributed by atoms with Gasteiger partial charge in [0.05, 0.1) is 4.47 Å². The van der Waals surface area contributed by atoms with Crippen LogP contribution in [0.3, 0.4) is 0 Å². The number of nitrogens with one attached hydrogen (secondary N) is 1. The van der Waals surface area contributed by atoms with Gasteiger partial charge in [0.25, 0.3) is 0 Å². The van der Waals surface area contributed by atoms with E-state index in [9.17, 15) is 9.50 Å². The van der Waals surface area contributed by atoms with E-state index in [1.807, 2.05) is 4.90 Å². The van der Waals surface area contributed by atoms with Gasteiger partial charge in [0.1, 0.15) is 12.0 Å². The maximum Gasteiger partial charge on any atom is 0.229 e. The van der Waals surface area contributed by atoms with Crippen LogP contribution in [0.4, 0.5) is 10.2 Å². The van der Waals surface area contributed by atoms with Crippen molar-refractivity contribution in [3.63, 3.8) is 0 Å². The molecule has 4 nitrogen and oxygen atoms in total. The predicted octanol–water partition coefficient (Wildman–Crippen LogP) is 1.35. The third-order valence-corrected chi connectivity index (χ3v) is 3.67. The van der Waals surface area contributed by atoms with Crippen LogP contribution in [0.25, 0.3) is 0 Å². The summed E-state index contributed by atoms with van der Waals surface area (Å²) in [5.41, 5.74) is 0. The summed E-state index contributed by atoms with van der Waals surface area (Å²) in [7, 11) is 1.73.